The van der Waals surface area contributed by atoms with E-state index in [1.165, 1.54) is 0 Å². The summed E-state index contributed by atoms with van der Waals surface area (Å²) in [5.74, 6) is 0. The summed E-state index contributed by atoms with van der Waals surface area (Å²) < 4.78 is 20.1. The fraction of sp³-hybridized carbons (Fsp3) is 0.476. The number of carbonyl (C=O) groups excluding carboxylic acids is 1. The molecular weight excluding hydrogens is 387 g/mol. The first-order valence-electron chi connectivity index (χ1n) is 10.3. The number of H-pyrrole nitrogens is 1. The van der Waals surface area contributed by atoms with Gasteiger partial charge in [-0.3, -0.25) is 4.68 Å². The van der Waals surface area contributed by atoms with Crippen molar-refractivity contribution in [2.75, 3.05) is 31.1 Å². The molecule has 3 aromatic rings. The van der Waals surface area contributed by atoms with Gasteiger partial charge in [0.25, 0.3) is 0 Å². The third-order valence-corrected chi connectivity index (χ3v) is 6.10. The summed E-state index contributed by atoms with van der Waals surface area (Å²) in [5.41, 5.74) is 5.13. The molecule has 0 spiro atoms. The second kappa shape index (κ2) is 7.30. The zero-order valence-electron chi connectivity index (χ0n) is 17.1. The lowest BCUT2D eigenvalue weighted by molar-refractivity contribution is -0.0132. The van der Waals surface area contributed by atoms with Gasteiger partial charge in [-0.2, -0.15) is 5.10 Å². The minimum absolute atomic E-state index is 0.265. The largest absolute Gasteiger partial charge is 0.446 e. The molecule has 0 bridgehead atoms. The van der Waals surface area contributed by atoms with Gasteiger partial charge in [0, 0.05) is 75.1 Å². The van der Waals surface area contributed by atoms with Crippen LogP contribution in [0.25, 0.3) is 22.3 Å². The van der Waals surface area contributed by atoms with Gasteiger partial charge in [0.2, 0.25) is 0 Å². The summed E-state index contributed by atoms with van der Waals surface area (Å²) in [7, 11) is 1.90. The average molecular weight is 412 g/mol. The first kappa shape index (κ1) is 18.9. The van der Waals surface area contributed by atoms with E-state index in [-0.39, 0.29) is 12.2 Å². The number of piperazine rings is 1. The van der Waals surface area contributed by atoms with Crippen molar-refractivity contribution in [1.82, 2.24) is 24.6 Å². The molecule has 8 nitrogen and oxygen atoms in total. The Hall–Kier alpha value is -3.10. The van der Waals surface area contributed by atoms with Crippen LogP contribution in [0.15, 0.2) is 24.7 Å². The van der Waals surface area contributed by atoms with Gasteiger partial charge in [-0.1, -0.05) is 0 Å². The number of alkyl halides is 1. The Labute approximate surface area is 173 Å². The van der Waals surface area contributed by atoms with Crippen LogP contribution in [0.3, 0.4) is 0 Å². The number of aryl methyl sites for hydroxylation is 2. The molecule has 1 aliphatic heterocycles. The third-order valence-electron chi connectivity index (χ3n) is 6.10. The summed E-state index contributed by atoms with van der Waals surface area (Å²) in [6, 6.07) is 2.03. The second-order valence-electron chi connectivity index (χ2n) is 8.13. The monoisotopic (exact) mass is 412 g/mol. The fourth-order valence-electron chi connectivity index (χ4n) is 4.30. The van der Waals surface area contributed by atoms with E-state index in [4.69, 9.17) is 4.74 Å². The molecule has 0 radical (unpaired) electrons. The van der Waals surface area contributed by atoms with Crippen molar-refractivity contribution in [3.63, 3.8) is 0 Å². The minimum Gasteiger partial charge on any atom is -0.446 e. The number of rotatable bonds is 3. The number of halogens is 1. The molecule has 30 heavy (non-hydrogen) atoms. The summed E-state index contributed by atoms with van der Waals surface area (Å²) in [4.78, 5) is 24.3. The molecular formula is C21H25FN6O2. The van der Waals surface area contributed by atoms with Crippen LogP contribution < -0.4 is 4.90 Å². The number of nitrogens with zero attached hydrogens (tertiary/aromatic N) is 5. The number of fused-ring (bicyclic) bond motifs is 1. The van der Waals surface area contributed by atoms with Gasteiger partial charge >= 0.3 is 6.09 Å². The second-order valence-corrected chi connectivity index (χ2v) is 8.13. The maximum absolute atomic E-state index is 12.9. The Morgan fingerprint density at radius 2 is 2.03 bits per heavy atom. The molecule has 0 aromatic carbocycles. The predicted molar refractivity (Wildman–Crippen MR) is 111 cm³/mol. The number of aromatic amines is 1. The predicted octanol–water partition coefficient (Wildman–Crippen LogP) is 3.03. The molecule has 1 N–H and O–H groups in total. The van der Waals surface area contributed by atoms with Crippen molar-refractivity contribution in [2.24, 2.45) is 7.05 Å². The fourth-order valence-corrected chi connectivity index (χ4v) is 4.30. The van der Waals surface area contributed by atoms with E-state index >= 15 is 0 Å². The SMILES string of the molecule is Cc1c(-c2cnn(C)c2)[nH]c2nccc(N3CCN(C(=O)OC4CC(F)C4)CC3)c12. The van der Waals surface area contributed by atoms with Gasteiger partial charge in [0.15, 0.2) is 0 Å². The first-order chi connectivity index (χ1) is 14.5. The molecule has 3 aromatic heterocycles. The molecule has 2 fully saturated rings. The maximum atomic E-state index is 12.9. The average Bonchev–Trinajstić information content (AvgIpc) is 3.30. The van der Waals surface area contributed by atoms with E-state index in [2.05, 4.69) is 26.9 Å². The highest BCUT2D eigenvalue weighted by molar-refractivity contribution is 5.97. The summed E-state index contributed by atoms with van der Waals surface area (Å²) in [6.45, 7) is 4.66. The van der Waals surface area contributed by atoms with Gasteiger partial charge < -0.3 is 19.5 Å². The number of hydrogen-bond acceptors (Lipinski definition) is 5. The van der Waals surface area contributed by atoms with Crippen molar-refractivity contribution in [1.29, 1.82) is 0 Å². The van der Waals surface area contributed by atoms with Crippen LogP contribution in [0.5, 0.6) is 0 Å². The minimum atomic E-state index is -0.824. The van der Waals surface area contributed by atoms with Crippen LogP contribution in [-0.2, 0) is 11.8 Å². The molecule has 0 unspecified atom stereocenters. The van der Waals surface area contributed by atoms with E-state index < -0.39 is 6.17 Å². The normalized spacial score (nSPS) is 21.7. The smallest absolute Gasteiger partial charge is 0.410 e. The number of ether oxygens (including phenoxy) is 1. The molecule has 1 amide bonds. The molecule has 5 rings (SSSR count). The van der Waals surface area contributed by atoms with E-state index in [1.54, 1.807) is 9.58 Å². The Balaban J connectivity index is 1.33. The lowest BCUT2D eigenvalue weighted by Gasteiger charge is -2.37. The lowest BCUT2D eigenvalue weighted by Crippen LogP contribution is -2.50. The molecule has 2 aliphatic rings. The Bertz CT molecular complexity index is 1080. The number of hydrogen-bond donors (Lipinski definition) is 1. The quantitative estimate of drug-likeness (QED) is 0.715. The third kappa shape index (κ3) is 3.28. The van der Waals surface area contributed by atoms with Gasteiger partial charge in [0.05, 0.1) is 11.9 Å². The number of amides is 1. The van der Waals surface area contributed by atoms with Crippen molar-refractivity contribution in [3.8, 4) is 11.3 Å². The van der Waals surface area contributed by atoms with Gasteiger partial charge in [0.1, 0.15) is 17.9 Å². The van der Waals surface area contributed by atoms with Crippen molar-refractivity contribution in [2.45, 2.75) is 32.0 Å². The number of anilines is 1. The first-order valence-corrected chi connectivity index (χ1v) is 10.3. The molecule has 0 atom stereocenters. The molecule has 4 heterocycles. The van der Waals surface area contributed by atoms with Crippen LogP contribution >= 0.6 is 0 Å². The van der Waals surface area contributed by atoms with E-state index in [0.717, 1.165) is 33.5 Å². The highest BCUT2D eigenvalue weighted by Gasteiger charge is 2.34. The Morgan fingerprint density at radius 3 is 2.70 bits per heavy atom. The number of aromatic nitrogens is 4. The van der Waals surface area contributed by atoms with Crippen molar-refractivity contribution >= 4 is 22.8 Å². The lowest BCUT2D eigenvalue weighted by atomic mass is 9.94. The molecule has 1 saturated carbocycles. The van der Waals surface area contributed by atoms with Gasteiger partial charge in [-0.05, 0) is 18.6 Å². The maximum Gasteiger partial charge on any atom is 0.410 e. The number of nitrogens with one attached hydrogen (secondary N) is 1. The van der Waals surface area contributed by atoms with Gasteiger partial charge in [-0.15, -0.1) is 0 Å². The van der Waals surface area contributed by atoms with Crippen LogP contribution in [0.2, 0.25) is 0 Å². The Kier molecular flexibility index (Phi) is 4.60. The summed E-state index contributed by atoms with van der Waals surface area (Å²) in [6.07, 6.45) is 4.87. The van der Waals surface area contributed by atoms with Crippen LogP contribution in [0, 0.1) is 6.92 Å². The highest BCUT2D eigenvalue weighted by atomic mass is 19.1. The molecule has 158 valence electrons. The number of carbonyl (C=O) groups is 1. The van der Waals surface area contributed by atoms with Crippen LogP contribution in [-0.4, -0.2) is 69.2 Å². The zero-order valence-corrected chi connectivity index (χ0v) is 17.1. The topological polar surface area (TPSA) is 79.3 Å². The van der Waals surface area contributed by atoms with E-state index in [9.17, 15) is 9.18 Å². The highest BCUT2D eigenvalue weighted by Crippen LogP contribution is 2.35. The van der Waals surface area contributed by atoms with Crippen LogP contribution in [0.4, 0.5) is 14.9 Å². The molecule has 9 heteroatoms. The number of pyridine rings is 1. The van der Waals surface area contributed by atoms with E-state index in [0.29, 0.717) is 39.0 Å². The van der Waals surface area contributed by atoms with Crippen LogP contribution in [0.1, 0.15) is 18.4 Å². The Morgan fingerprint density at radius 1 is 1.27 bits per heavy atom. The zero-order chi connectivity index (χ0) is 20.8. The standard InChI is InChI=1S/C21H25FN6O2/c1-13-18-17(3-4-23-20(18)25-19(13)14-11-24-26(2)12-14)27-5-7-28(8-6-27)21(29)30-16-9-15(22)10-16/h3-4,11-12,15-16H,5-10H2,1-2H3,(H,23,25). The van der Waals surface area contributed by atoms with E-state index in [1.807, 2.05) is 31.7 Å². The molecule has 1 saturated heterocycles. The summed E-state index contributed by atoms with van der Waals surface area (Å²) >= 11 is 0. The van der Waals surface area contributed by atoms with Crippen molar-refractivity contribution in [3.05, 3.63) is 30.2 Å². The summed E-state index contributed by atoms with van der Waals surface area (Å²) in [5, 5.41) is 5.37. The van der Waals surface area contributed by atoms with Gasteiger partial charge in [-0.25, -0.2) is 14.2 Å². The van der Waals surface area contributed by atoms with Crippen molar-refractivity contribution < 1.29 is 13.9 Å². The molecule has 1 aliphatic carbocycles.